The van der Waals surface area contributed by atoms with E-state index in [-0.39, 0.29) is 31.7 Å². The first-order valence-corrected chi connectivity index (χ1v) is 10.8. The Bertz CT molecular complexity index is 642. The van der Waals surface area contributed by atoms with Crippen molar-refractivity contribution >= 4 is 29.5 Å². The summed E-state index contributed by atoms with van der Waals surface area (Å²) >= 11 is 0. The topological polar surface area (TPSA) is 212 Å². The quantitative estimate of drug-likeness (QED) is 0.117. The fourth-order valence-electron chi connectivity index (χ4n) is 2.99. The first kappa shape index (κ1) is 29.3. The highest BCUT2D eigenvalue weighted by molar-refractivity contribution is 5.94. The Hall–Kier alpha value is -2.73. The number of hydrogen-bond donors (Lipinski definition) is 7. The molecule has 184 valence electrons. The molecule has 0 saturated carbocycles. The van der Waals surface area contributed by atoms with Crippen molar-refractivity contribution in [3.63, 3.8) is 0 Å². The second-order valence-corrected chi connectivity index (χ2v) is 8.09. The maximum absolute atomic E-state index is 12.8. The minimum Gasteiger partial charge on any atom is -0.370 e. The Balaban J connectivity index is 5.42. The summed E-state index contributed by atoms with van der Waals surface area (Å²) in [5, 5.41) is 10.4. The van der Waals surface area contributed by atoms with E-state index in [4.69, 9.17) is 17.2 Å². The number of likely N-dealkylation sites (N-methyl/N-ethyl adjacent to an activating group) is 1. The zero-order valence-electron chi connectivity index (χ0n) is 19.2. The van der Waals surface area contributed by atoms with E-state index < -0.39 is 47.7 Å². The third-order valence-corrected chi connectivity index (χ3v) is 4.62. The second kappa shape index (κ2) is 16.0. The van der Waals surface area contributed by atoms with Crippen LogP contribution in [-0.4, -0.2) is 67.8 Å². The lowest BCUT2D eigenvalue weighted by molar-refractivity contribution is -0.133. The van der Waals surface area contributed by atoms with Gasteiger partial charge < -0.3 is 38.5 Å². The van der Waals surface area contributed by atoms with Crippen LogP contribution in [-0.2, 0) is 24.0 Å². The van der Waals surface area contributed by atoms with Gasteiger partial charge in [0.1, 0.15) is 18.1 Å². The molecule has 0 fully saturated rings. The van der Waals surface area contributed by atoms with Crippen molar-refractivity contribution in [1.29, 1.82) is 0 Å². The van der Waals surface area contributed by atoms with Crippen molar-refractivity contribution in [2.45, 2.75) is 70.5 Å². The molecule has 0 aliphatic heterocycles. The Morgan fingerprint density at radius 2 is 1.38 bits per heavy atom. The average Bonchev–Trinajstić information content (AvgIpc) is 2.69. The third kappa shape index (κ3) is 12.8. The van der Waals surface area contributed by atoms with Crippen molar-refractivity contribution in [1.82, 2.24) is 21.3 Å². The third-order valence-electron chi connectivity index (χ3n) is 4.62. The SMILES string of the molecule is CNCC(=O)NC(CCC(N)=O)C(=O)NC(CCCCN)C(=O)NC(CC(C)C)C(N)=O. The standard InChI is InChI=1S/C20H39N7O5/c1-12(2)10-15(18(23)30)27-19(31)13(6-4-5-9-21)26-20(32)14(7-8-16(22)28)25-17(29)11-24-3/h12-15,24H,4-11,21H2,1-3H3,(H2,22,28)(H2,23,30)(H,25,29)(H,26,32)(H,27,31). The number of rotatable bonds is 17. The fourth-order valence-corrected chi connectivity index (χ4v) is 2.99. The van der Waals surface area contributed by atoms with Gasteiger partial charge in [-0.15, -0.1) is 0 Å². The van der Waals surface area contributed by atoms with Crippen molar-refractivity contribution < 1.29 is 24.0 Å². The van der Waals surface area contributed by atoms with Gasteiger partial charge in [0.15, 0.2) is 0 Å². The van der Waals surface area contributed by atoms with Gasteiger partial charge in [-0.1, -0.05) is 13.8 Å². The molecular weight excluding hydrogens is 418 g/mol. The summed E-state index contributed by atoms with van der Waals surface area (Å²) in [5.41, 5.74) is 16.1. The van der Waals surface area contributed by atoms with Crippen LogP contribution in [0.15, 0.2) is 0 Å². The molecule has 0 heterocycles. The van der Waals surface area contributed by atoms with Crippen LogP contribution in [0.1, 0.15) is 52.4 Å². The highest BCUT2D eigenvalue weighted by Crippen LogP contribution is 2.08. The van der Waals surface area contributed by atoms with E-state index in [0.717, 1.165) is 0 Å². The number of hydrogen-bond acceptors (Lipinski definition) is 7. The molecule has 0 aromatic heterocycles. The van der Waals surface area contributed by atoms with Crippen LogP contribution in [0.3, 0.4) is 0 Å². The summed E-state index contributed by atoms with van der Waals surface area (Å²) in [4.78, 5) is 60.5. The Morgan fingerprint density at radius 1 is 0.812 bits per heavy atom. The fraction of sp³-hybridized carbons (Fsp3) is 0.750. The van der Waals surface area contributed by atoms with Crippen molar-refractivity contribution in [3.8, 4) is 0 Å². The molecule has 0 aromatic rings. The van der Waals surface area contributed by atoms with Gasteiger partial charge >= 0.3 is 0 Å². The maximum Gasteiger partial charge on any atom is 0.243 e. The van der Waals surface area contributed by atoms with E-state index in [1.807, 2.05) is 13.8 Å². The number of nitrogens with two attached hydrogens (primary N) is 3. The largest absolute Gasteiger partial charge is 0.370 e. The Labute approximate surface area is 189 Å². The normalized spacial score (nSPS) is 13.7. The predicted molar refractivity (Wildman–Crippen MR) is 120 cm³/mol. The number of amides is 5. The summed E-state index contributed by atoms with van der Waals surface area (Å²) in [6.45, 7) is 4.16. The number of unbranched alkanes of at least 4 members (excludes halogenated alkanes) is 1. The molecule has 0 spiro atoms. The van der Waals surface area contributed by atoms with Gasteiger partial charge in [-0.25, -0.2) is 0 Å². The number of primary amides is 2. The van der Waals surface area contributed by atoms with Crippen LogP contribution in [0.2, 0.25) is 0 Å². The van der Waals surface area contributed by atoms with Gasteiger partial charge in [-0.05, 0) is 51.6 Å². The molecule has 10 N–H and O–H groups in total. The van der Waals surface area contributed by atoms with E-state index in [2.05, 4.69) is 21.3 Å². The summed E-state index contributed by atoms with van der Waals surface area (Å²) in [7, 11) is 1.57. The average molecular weight is 458 g/mol. The summed E-state index contributed by atoms with van der Waals surface area (Å²) in [5.74, 6) is -2.83. The molecule has 0 saturated heterocycles. The van der Waals surface area contributed by atoms with Crippen molar-refractivity contribution in [2.75, 3.05) is 20.1 Å². The lowest BCUT2D eigenvalue weighted by Gasteiger charge is -2.25. The van der Waals surface area contributed by atoms with Crippen molar-refractivity contribution in [2.24, 2.45) is 23.1 Å². The molecule has 0 radical (unpaired) electrons. The van der Waals surface area contributed by atoms with Gasteiger partial charge in [0.25, 0.3) is 0 Å². The van der Waals surface area contributed by atoms with Crippen LogP contribution >= 0.6 is 0 Å². The molecule has 12 nitrogen and oxygen atoms in total. The van der Waals surface area contributed by atoms with E-state index >= 15 is 0 Å². The van der Waals surface area contributed by atoms with Crippen molar-refractivity contribution in [3.05, 3.63) is 0 Å². The summed E-state index contributed by atoms with van der Waals surface area (Å²) in [6.07, 6.45) is 1.67. The molecule has 12 heteroatoms. The van der Waals surface area contributed by atoms with Crippen LogP contribution in [0, 0.1) is 5.92 Å². The second-order valence-electron chi connectivity index (χ2n) is 8.09. The van der Waals surface area contributed by atoms with Gasteiger partial charge in [0.2, 0.25) is 29.5 Å². The summed E-state index contributed by atoms with van der Waals surface area (Å²) < 4.78 is 0. The number of nitrogens with one attached hydrogen (secondary N) is 4. The zero-order chi connectivity index (χ0) is 24.7. The van der Waals surface area contributed by atoms with Crippen LogP contribution in [0.25, 0.3) is 0 Å². The predicted octanol–water partition coefficient (Wildman–Crippen LogP) is -2.41. The number of carbonyl (C=O) groups is 5. The molecule has 0 bridgehead atoms. The van der Waals surface area contributed by atoms with E-state index in [0.29, 0.717) is 25.8 Å². The molecular formula is C20H39N7O5. The van der Waals surface area contributed by atoms with Gasteiger partial charge in [0.05, 0.1) is 6.54 Å². The zero-order valence-corrected chi connectivity index (χ0v) is 19.2. The molecule has 5 amide bonds. The van der Waals surface area contributed by atoms with Gasteiger partial charge in [-0.2, -0.15) is 0 Å². The molecule has 0 aromatic carbocycles. The highest BCUT2D eigenvalue weighted by Gasteiger charge is 2.29. The first-order chi connectivity index (χ1) is 15.0. The molecule has 0 rings (SSSR count). The van der Waals surface area contributed by atoms with E-state index in [1.165, 1.54) is 0 Å². The Kier molecular flexibility index (Phi) is 14.6. The summed E-state index contributed by atoms with van der Waals surface area (Å²) in [6, 6.07) is -2.91. The van der Waals surface area contributed by atoms with Crippen LogP contribution in [0.5, 0.6) is 0 Å². The number of carbonyl (C=O) groups excluding carboxylic acids is 5. The highest BCUT2D eigenvalue weighted by atomic mass is 16.2. The van der Waals surface area contributed by atoms with Crippen LogP contribution in [0.4, 0.5) is 0 Å². The first-order valence-electron chi connectivity index (χ1n) is 10.8. The molecule has 3 atom stereocenters. The lowest BCUT2D eigenvalue weighted by atomic mass is 10.0. The molecule has 0 aliphatic rings. The molecule has 32 heavy (non-hydrogen) atoms. The minimum atomic E-state index is -1.06. The maximum atomic E-state index is 12.8. The Morgan fingerprint density at radius 3 is 1.84 bits per heavy atom. The van der Waals surface area contributed by atoms with Gasteiger partial charge in [-0.3, -0.25) is 24.0 Å². The van der Waals surface area contributed by atoms with Gasteiger partial charge in [0, 0.05) is 6.42 Å². The minimum absolute atomic E-state index is 0.0228. The molecule has 3 unspecified atom stereocenters. The van der Waals surface area contributed by atoms with E-state index in [1.54, 1.807) is 7.05 Å². The smallest absolute Gasteiger partial charge is 0.243 e. The molecule has 0 aliphatic carbocycles. The van der Waals surface area contributed by atoms with E-state index in [9.17, 15) is 24.0 Å². The lowest BCUT2D eigenvalue weighted by Crippen LogP contribution is -2.57. The monoisotopic (exact) mass is 457 g/mol. The van der Waals surface area contributed by atoms with Crippen LogP contribution < -0.4 is 38.5 Å².